The molecule has 0 aliphatic carbocycles. The molecule has 0 radical (unpaired) electrons. The van der Waals surface area contributed by atoms with Crippen LogP contribution < -0.4 is 4.74 Å². The molecule has 32 heavy (non-hydrogen) atoms. The number of furan rings is 1. The lowest BCUT2D eigenvalue weighted by atomic mass is 10.1. The van der Waals surface area contributed by atoms with Crippen LogP contribution in [-0.4, -0.2) is 63.0 Å². The van der Waals surface area contributed by atoms with Gasteiger partial charge >= 0.3 is 0 Å². The molecule has 0 N–H and O–H groups in total. The molecule has 9 heteroatoms. The summed E-state index contributed by atoms with van der Waals surface area (Å²) in [6.45, 7) is 2.33. The molecular weight excluding hydrogens is 432 g/mol. The number of methoxy groups -OCH3 is 1. The van der Waals surface area contributed by atoms with Crippen molar-refractivity contribution in [3.8, 4) is 5.75 Å². The molecule has 2 aliphatic rings. The number of carbonyl (C=O) groups excluding carboxylic acids is 1. The van der Waals surface area contributed by atoms with Gasteiger partial charge < -0.3 is 18.8 Å². The van der Waals surface area contributed by atoms with E-state index in [1.54, 1.807) is 12.0 Å². The third-order valence-corrected chi connectivity index (χ3v) is 7.76. The van der Waals surface area contributed by atoms with Crippen molar-refractivity contribution in [2.24, 2.45) is 0 Å². The fourth-order valence-corrected chi connectivity index (χ4v) is 5.68. The number of ether oxygens (including phenoxy) is 2. The molecule has 1 unspecified atom stereocenters. The van der Waals surface area contributed by atoms with Crippen molar-refractivity contribution in [1.82, 2.24) is 9.21 Å². The van der Waals surface area contributed by atoms with Crippen molar-refractivity contribution in [1.29, 1.82) is 0 Å². The van der Waals surface area contributed by atoms with E-state index in [9.17, 15) is 13.2 Å². The van der Waals surface area contributed by atoms with Gasteiger partial charge in [-0.1, -0.05) is 24.6 Å². The van der Waals surface area contributed by atoms with Crippen molar-refractivity contribution in [2.75, 3.05) is 33.4 Å². The molecule has 4 rings (SSSR count). The molecular formula is C23H30N2O6S. The second-order valence-electron chi connectivity index (χ2n) is 8.22. The zero-order valence-corrected chi connectivity index (χ0v) is 19.2. The molecule has 1 atom stereocenters. The standard InChI is InChI=1S/C23H30N2O6S/c1-29-20-10-4-3-8-18(20)16-24(17-19-9-7-15-30-19)23(26)21-11-12-22(31-21)32(27,28)25-13-5-2-6-14-25/h3-4,8,10-12,19H,2,5-7,9,13-17H2,1H3. The Balaban J connectivity index is 1.56. The van der Waals surface area contributed by atoms with Crippen molar-refractivity contribution in [3.05, 3.63) is 47.7 Å². The van der Waals surface area contributed by atoms with E-state index in [-0.39, 0.29) is 22.9 Å². The van der Waals surface area contributed by atoms with Crippen molar-refractivity contribution >= 4 is 15.9 Å². The highest BCUT2D eigenvalue weighted by Crippen LogP contribution is 2.26. The summed E-state index contributed by atoms with van der Waals surface area (Å²) in [5, 5.41) is -0.183. The van der Waals surface area contributed by atoms with E-state index in [2.05, 4.69) is 0 Å². The molecule has 3 heterocycles. The SMILES string of the molecule is COc1ccccc1CN(CC1CCCO1)C(=O)c1ccc(S(=O)(=O)N2CCCCC2)o1. The first-order valence-electron chi connectivity index (χ1n) is 11.1. The van der Waals surface area contributed by atoms with Crippen LogP contribution in [0.2, 0.25) is 0 Å². The van der Waals surface area contributed by atoms with E-state index in [1.165, 1.54) is 16.4 Å². The molecule has 0 bridgehead atoms. The Kier molecular flexibility index (Phi) is 7.17. The molecule has 8 nitrogen and oxygen atoms in total. The molecule has 2 fully saturated rings. The van der Waals surface area contributed by atoms with Crippen LogP contribution in [0.15, 0.2) is 45.9 Å². The number of rotatable bonds is 8. The van der Waals surface area contributed by atoms with Gasteiger partial charge in [0.05, 0.1) is 13.2 Å². The van der Waals surface area contributed by atoms with Crippen molar-refractivity contribution < 1.29 is 27.1 Å². The van der Waals surface area contributed by atoms with Gasteiger partial charge in [0.1, 0.15) is 5.75 Å². The predicted octanol–water partition coefficient (Wildman–Crippen LogP) is 3.28. The minimum absolute atomic E-state index is 0.00785. The van der Waals surface area contributed by atoms with Crippen LogP contribution in [0.4, 0.5) is 0 Å². The van der Waals surface area contributed by atoms with Gasteiger partial charge in [-0.25, -0.2) is 8.42 Å². The second-order valence-corrected chi connectivity index (χ2v) is 10.1. The molecule has 174 valence electrons. The lowest BCUT2D eigenvalue weighted by Crippen LogP contribution is -2.37. The maximum absolute atomic E-state index is 13.4. The zero-order valence-electron chi connectivity index (χ0n) is 18.4. The number of benzene rings is 1. The van der Waals surface area contributed by atoms with Gasteiger partial charge in [-0.2, -0.15) is 4.31 Å². The summed E-state index contributed by atoms with van der Waals surface area (Å²) in [5.41, 5.74) is 0.856. The minimum Gasteiger partial charge on any atom is -0.496 e. The van der Waals surface area contributed by atoms with Crippen LogP contribution in [0.5, 0.6) is 5.75 Å². The highest BCUT2D eigenvalue weighted by Gasteiger charge is 2.31. The first-order chi connectivity index (χ1) is 15.5. The van der Waals surface area contributed by atoms with Gasteiger partial charge in [-0.15, -0.1) is 0 Å². The monoisotopic (exact) mass is 462 g/mol. The van der Waals surface area contributed by atoms with Gasteiger partial charge in [0.15, 0.2) is 5.76 Å². The lowest BCUT2D eigenvalue weighted by molar-refractivity contribution is 0.0478. The number of hydrogen-bond donors (Lipinski definition) is 0. The van der Waals surface area contributed by atoms with E-state index in [1.807, 2.05) is 24.3 Å². The van der Waals surface area contributed by atoms with Crippen LogP contribution in [-0.2, 0) is 21.3 Å². The Bertz CT molecular complexity index is 1020. The summed E-state index contributed by atoms with van der Waals surface area (Å²) in [5.74, 6) is 0.324. The summed E-state index contributed by atoms with van der Waals surface area (Å²) in [6.07, 6.45) is 4.47. The molecule has 0 spiro atoms. The molecule has 1 amide bonds. The molecule has 1 aromatic heterocycles. The number of carbonyl (C=O) groups is 1. The summed E-state index contributed by atoms with van der Waals surface area (Å²) >= 11 is 0. The number of nitrogens with zero attached hydrogens (tertiary/aromatic N) is 2. The van der Waals surface area contributed by atoms with E-state index in [0.29, 0.717) is 38.5 Å². The van der Waals surface area contributed by atoms with Gasteiger partial charge in [0, 0.05) is 38.3 Å². The Morgan fingerprint density at radius 2 is 1.91 bits per heavy atom. The second kappa shape index (κ2) is 10.1. The van der Waals surface area contributed by atoms with E-state index in [4.69, 9.17) is 13.9 Å². The van der Waals surface area contributed by atoms with Gasteiger partial charge in [-0.3, -0.25) is 4.79 Å². The average Bonchev–Trinajstić information content (AvgIpc) is 3.52. The number of amides is 1. The highest BCUT2D eigenvalue weighted by molar-refractivity contribution is 7.89. The highest BCUT2D eigenvalue weighted by atomic mass is 32.2. The molecule has 2 aliphatic heterocycles. The Labute approximate surface area is 189 Å². The van der Waals surface area contributed by atoms with E-state index < -0.39 is 10.0 Å². The lowest BCUT2D eigenvalue weighted by Gasteiger charge is -2.26. The predicted molar refractivity (Wildman–Crippen MR) is 118 cm³/mol. The maximum Gasteiger partial charge on any atom is 0.290 e. The number of para-hydroxylation sites is 1. The van der Waals surface area contributed by atoms with Gasteiger partial charge in [0.25, 0.3) is 15.9 Å². The van der Waals surface area contributed by atoms with Crippen LogP contribution in [0, 0.1) is 0 Å². The maximum atomic E-state index is 13.4. The Hall–Kier alpha value is -2.36. The van der Waals surface area contributed by atoms with Crippen molar-refractivity contribution in [3.63, 3.8) is 0 Å². The Morgan fingerprint density at radius 3 is 2.62 bits per heavy atom. The largest absolute Gasteiger partial charge is 0.496 e. The van der Waals surface area contributed by atoms with Crippen molar-refractivity contribution in [2.45, 2.75) is 49.8 Å². The zero-order chi connectivity index (χ0) is 22.6. The fourth-order valence-electron chi connectivity index (χ4n) is 4.25. The summed E-state index contributed by atoms with van der Waals surface area (Å²) in [7, 11) is -2.15. The summed E-state index contributed by atoms with van der Waals surface area (Å²) in [4.78, 5) is 15.0. The minimum atomic E-state index is -3.74. The first-order valence-corrected chi connectivity index (χ1v) is 12.6. The number of hydrogen-bond acceptors (Lipinski definition) is 6. The topological polar surface area (TPSA) is 89.3 Å². The summed E-state index contributed by atoms with van der Waals surface area (Å²) in [6, 6.07) is 10.3. The fraction of sp³-hybridized carbons (Fsp3) is 0.522. The number of piperidine rings is 1. The van der Waals surface area contributed by atoms with Crippen LogP contribution in [0.3, 0.4) is 0 Å². The summed E-state index contributed by atoms with van der Waals surface area (Å²) < 4.78 is 44.1. The first kappa shape index (κ1) is 22.8. The normalized spacial score (nSPS) is 19.7. The average molecular weight is 463 g/mol. The smallest absolute Gasteiger partial charge is 0.290 e. The quantitative estimate of drug-likeness (QED) is 0.598. The molecule has 0 saturated carbocycles. The third kappa shape index (κ3) is 5.00. The molecule has 1 aromatic carbocycles. The van der Waals surface area contributed by atoms with Crippen LogP contribution in [0.25, 0.3) is 0 Å². The Morgan fingerprint density at radius 1 is 1.12 bits per heavy atom. The van der Waals surface area contributed by atoms with E-state index >= 15 is 0 Å². The van der Waals surface area contributed by atoms with E-state index in [0.717, 1.165) is 37.7 Å². The van der Waals surface area contributed by atoms with Gasteiger partial charge in [0.2, 0.25) is 5.09 Å². The van der Waals surface area contributed by atoms with Crippen LogP contribution >= 0.6 is 0 Å². The molecule has 2 aromatic rings. The van der Waals surface area contributed by atoms with Crippen LogP contribution in [0.1, 0.15) is 48.2 Å². The molecule has 2 saturated heterocycles. The third-order valence-electron chi connectivity index (χ3n) is 5.99. The number of sulfonamides is 1. The van der Waals surface area contributed by atoms with Gasteiger partial charge in [-0.05, 0) is 43.9 Å².